The maximum Gasteiger partial charge on any atom is 0.339 e. The average molecular weight is 363 g/mol. The van der Waals surface area contributed by atoms with E-state index in [0.717, 1.165) is 0 Å². The van der Waals surface area contributed by atoms with Gasteiger partial charge in [-0.2, -0.15) is 8.42 Å². The van der Waals surface area contributed by atoms with Crippen LogP contribution < -0.4 is 9.50 Å². The lowest BCUT2D eigenvalue weighted by Crippen LogP contribution is -2.32. The number of rotatable bonds is 6. The summed E-state index contributed by atoms with van der Waals surface area (Å²) in [6.45, 7) is 1.28. The van der Waals surface area contributed by atoms with Gasteiger partial charge in [-0.15, -0.1) is 0 Å². The van der Waals surface area contributed by atoms with Gasteiger partial charge in [-0.25, -0.2) is 4.79 Å². The van der Waals surface area contributed by atoms with Crippen molar-refractivity contribution in [3.8, 4) is 5.75 Å². The predicted octanol–water partition coefficient (Wildman–Crippen LogP) is 1.80. The third-order valence-corrected chi connectivity index (χ3v) is 4.50. The quantitative estimate of drug-likeness (QED) is 0.621. The molecule has 1 atom stereocenters. The number of methoxy groups -OCH3 is 1. The molecule has 1 unspecified atom stereocenters. The van der Waals surface area contributed by atoms with Gasteiger partial charge in [0, 0.05) is 6.92 Å². The lowest BCUT2D eigenvalue weighted by molar-refractivity contribution is -0.145. The zero-order valence-electron chi connectivity index (χ0n) is 13.6. The predicted molar refractivity (Wildman–Crippen MR) is 89.3 cm³/mol. The number of hydrogen-bond acceptors (Lipinski definition) is 6. The first-order valence-electron chi connectivity index (χ1n) is 7.28. The van der Waals surface area contributed by atoms with Crippen molar-refractivity contribution in [2.45, 2.75) is 17.9 Å². The molecule has 0 aliphatic rings. The van der Waals surface area contributed by atoms with E-state index in [1.807, 2.05) is 0 Å². The van der Waals surface area contributed by atoms with Crippen LogP contribution in [0.15, 0.2) is 59.5 Å². The summed E-state index contributed by atoms with van der Waals surface area (Å²) in [5, 5.41) is 2.47. The molecule has 2 aromatic carbocycles. The Kier molecular flexibility index (Phi) is 5.76. The Hall–Kier alpha value is -2.87. The largest absolute Gasteiger partial charge is 0.467 e. The maximum atomic E-state index is 12.2. The number of hydrogen-bond donors (Lipinski definition) is 1. The van der Waals surface area contributed by atoms with E-state index in [4.69, 9.17) is 4.18 Å². The SMILES string of the molecule is COC(=O)C(NC(C)=O)c1ccc(OS(=O)(=O)c2ccccc2)cc1. The number of ether oxygens (including phenoxy) is 1. The molecular weight excluding hydrogens is 346 g/mol. The van der Waals surface area contributed by atoms with E-state index < -0.39 is 28.0 Å². The maximum absolute atomic E-state index is 12.2. The second-order valence-electron chi connectivity index (χ2n) is 5.08. The van der Waals surface area contributed by atoms with E-state index in [1.165, 1.54) is 50.4 Å². The molecule has 2 rings (SSSR count). The van der Waals surface area contributed by atoms with Crippen molar-refractivity contribution in [1.82, 2.24) is 5.32 Å². The molecule has 1 N–H and O–H groups in total. The number of amides is 1. The number of carbonyl (C=O) groups excluding carboxylic acids is 2. The van der Waals surface area contributed by atoms with Crippen LogP contribution in [0.2, 0.25) is 0 Å². The van der Waals surface area contributed by atoms with Gasteiger partial charge in [0.15, 0.2) is 6.04 Å². The first-order valence-corrected chi connectivity index (χ1v) is 8.69. The lowest BCUT2D eigenvalue weighted by atomic mass is 10.1. The molecule has 0 bridgehead atoms. The second-order valence-corrected chi connectivity index (χ2v) is 6.62. The summed E-state index contributed by atoms with van der Waals surface area (Å²) < 4.78 is 34.0. The van der Waals surface area contributed by atoms with E-state index in [0.29, 0.717) is 5.56 Å². The van der Waals surface area contributed by atoms with Crippen LogP contribution in [0.25, 0.3) is 0 Å². The molecule has 0 spiro atoms. The molecule has 0 aliphatic carbocycles. The number of nitrogens with one attached hydrogen (secondary N) is 1. The summed E-state index contributed by atoms with van der Waals surface area (Å²) in [7, 11) is -2.74. The van der Waals surface area contributed by atoms with Crippen LogP contribution in [-0.4, -0.2) is 27.4 Å². The lowest BCUT2D eigenvalue weighted by Gasteiger charge is -2.16. The van der Waals surface area contributed by atoms with E-state index in [2.05, 4.69) is 10.1 Å². The molecule has 132 valence electrons. The van der Waals surface area contributed by atoms with E-state index >= 15 is 0 Å². The van der Waals surface area contributed by atoms with Crippen molar-refractivity contribution < 1.29 is 26.9 Å². The molecule has 8 heteroatoms. The zero-order valence-corrected chi connectivity index (χ0v) is 14.4. The third kappa shape index (κ3) is 4.80. The normalized spacial score (nSPS) is 12.1. The Bertz CT molecular complexity index is 846. The highest BCUT2D eigenvalue weighted by Gasteiger charge is 2.23. The molecule has 0 aromatic heterocycles. The molecule has 0 aliphatic heterocycles. The fourth-order valence-corrected chi connectivity index (χ4v) is 3.03. The standard InChI is InChI=1S/C17H17NO6S/c1-12(19)18-16(17(20)23-2)13-8-10-14(11-9-13)24-25(21,22)15-6-4-3-5-7-15/h3-11,16H,1-2H3,(H,18,19). The van der Waals surface area contributed by atoms with Crippen LogP contribution in [0.5, 0.6) is 5.75 Å². The van der Waals surface area contributed by atoms with Crippen LogP contribution in [0, 0.1) is 0 Å². The summed E-state index contributed by atoms with van der Waals surface area (Å²) in [5.41, 5.74) is 0.437. The van der Waals surface area contributed by atoms with Gasteiger partial charge < -0.3 is 14.2 Å². The first kappa shape index (κ1) is 18.5. The Morgan fingerprint density at radius 3 is 2.12 bits per heavy atom. The molecule has 2 aromatic rings. The van der Waals surface area contributed by atoms with Crippen LogP contribution in [-0.2, 0) is 24.4 Å². The molecule has 25 heavy (non-hydrogen) atoms. The smallest absolute Gasteiger partial charge is 0.339 e. The van der Waals surface area contributed by atoms with Crippen molar-refractivity contribution >= 4 is 22.0 Å². The molecular formula is C17H17NO6S. The summed E-state index contributed by atoms with van der Waals surface area (Å²) in [6.07, 6.45) is 0. The highest BCUT2D eigenvalue weighted by atomic mass is 32.2. The van der Waals surface area contributed by atoms with Crippen molar-refractivity contribution in [1.29, 1.82) is 0 Å². The van der Waals surface area contributed by atoms with Gasteiger partial charge in [0.05, 0.1) is 7.11 Å². The van der Waals surface area contributed by atoms with Crippen LogP contribution in [0.1, 0.15) is 18.5 Å². The Balaban J connectivity index is 2.21. The highest BCUT2D eigenvalue weighted by molar-refractivity contribution is 7.87. The van der Waals surface area contributed by atoms with Crippen LogP contribution in [0.4, 0.5) is 0 Å². The highest BCUT2D eigenvalue weighted by Crippen LogP contribution is 2.22. The fourth-order valence-electron chi connectivity index (χ4n) is 2.08. The molecule has 1 amide bonds. The molecule has 0 fully saturated rings. The average Bonchev–Trinajstić information content (AvgIpc) is 2.60. The Morgan fingerprint density at radius 1 is 1.00 bits per heavy atom. The Labute approximate surface area is 145 Å². The summed E-state index contributed by atoms with van der Waals surface area (Å²) in [6, 6.07) is 12.5. The van der Waals surface area contributed by atoms with Crippen LogP contribution in [0.3, 0.4) is 0 Å². The molecule has 0 saturated carbocycles. The molecule has 7 nitrogen and oxygen atoms in total. The minimum atomic E-state index is -3.95. The fraction of sp³-hybridized carbons (Fsp3) is 0.176. The minimum Gasteiger partial charge on any atom is -0.467 e. The van der Waals surface area contributed by atoms with Gasteiger partial charge in [-0.05, 0) is 29.8 Å². The second kappa shape index (κ2) is 7.80. The number of carbonyl (C=O) groups is 2. The van der Waals surface area contributed by atoms with Crippen molar-refractivity contribution in [3.63, 3.8) is 0 Å². The van der Waals surface area contributed by atoms with Crippen molar-refractivity contribution in [2.75, 3.05) is 7.11 Å². The van der Waals surface area contributed by atoms with E-state index in [-0.39, 0.29) is 10.6 Å². The number of benzene rings is 2. The monoisotopic (exact) mass is 363 g/mol. The van der Waals surface area contributed by atoms with Gasteiger partial charge >= 0.3 is 16.1 Å². The van der Waals surface area contributed by atoms with Gasteiger partial charge in [0.2, 0.25) is 5.91 Å². The summed E-state index contributed by atoms with van der Waals surface area (Å²) in [4.78, 5) is 23.1. The van der Waals surface area contributed by atoms with Crippen molar-refractivity contribution in [2.24, 2.45) is 0 Å². The number of esters is 1. The first-order chi connectivity index (χ1) is 11.8. The molecule has 0 heterocycles. The minimum absolute atomic E-state index is 0.0322. The van der Waals surface area contributed by atoms with Gasteiger partial charge in [-0.1, -0.05) is 30.3 Å². The summed E-state index contributed by atoms with van der Waals surface area (Å²) >= 11 is 0. The van der Waals surface area contributed by atoms with Gasteiger partial charge in [0.25, 0.3) is 0 Å². The summed E-state index contributed by atoms with van der Waals surface area (Å²) in [5.74, 6) is -0.956. The van der Waals surface area contributed by atoms with E-state index in [9.17, 15) is 18.0 Å². The van der Waals surface area contributed by atoms with Gasteiger partial charge in [0.1, 0.15) is 10.6 Å². The topological polar surface area (TPSA) is 98.8 Å². The Morgan fingerprint density at radius 2 is 1.60 bits per heavy atom. The van der Waals surface area contributed by atoms with Crippen molar-refractivity contribution in [3.05, 3.63) is 60.2 Å². The van der Waals surface area contributed by atoms with Gasteiger partial charge in [-0.3, -0.25) is 4.79 Å². The molecule has 0 saturated heterocycles. The zero-order chi connectivity index (χ0) is 18.4. The third-order valence-electron chi connectivity index (χ3n) is 3.24. The van der Waals surface area contributed by atoms with Crippen LogP contribution >= 0.6 is 0 Å². The van der Waals surface area contributed by atoms with E-state index in [1.54, 1.807) is 18.2 Å². The molecule has 0 radical (unpaired) electrons.